The highest BCUT2D eigenvalue weighted by atomic mass is 32.2. The van der Waals surface area contributed by atoms with Gasteiger partial charge in [-0.05, 0) is 37.8 Å². The van der Waals surface area contributed by atoms with Crippen molar-refractivity contribution < 1.29 is 8.42 Å². The van der Waals surface area contributed by atoms with Crippen molar-refractivity contribution in [1.82, 2.24) is 30.1 Å². The maximum atomic E-state index is 12.2. The van der Waals surface area contributed by atoms with Gasteiger partial charge in [-0.2, -0.15) is 5.10 Å². The molecule has 0 spiro atoms. The van der Waals surface area contributed by atoms with Crippen molar-refractivity contribution in [2.24, 2.45) is 4.99 Å². The van der Waals surface area contributed by atoms with Gasteiger partial charge in [0.15, 0.2) is 11.8 Å². The van der Waals surface area contributed by atoms with Gasteiger partial charge in [-0.25, -0.2) is 22.7 Å². The summed E-state index contributed by atoms with van der Waals surface area (Å²) in [5.74, 6) is 1.70. The highest BCUT2D eigenvalue weighted by Gasteiger charge is 2.27. The highest BCUT2D eigenvalue weighted by Crippen LogP contribution is 2.17. The van der Waals surface area contributed by atoms with Crippen molar-refractivity contribution in [3.05, 3.63) is 36.2 Å². The SMILES string of the molecule is CCCS(=O)(=O)N1CCC(NC(=NCc2cccc(-c3ncn[nH]3)c2)NCC)CC1. The van der Waals surface area contributed by atoms with Gasteiger partial charge in [0.2, 0.25) is 10.0 Å². The summed E-state index contributed by atoms with van der Waals surface area (Å²) in [6.45, 7) is 6.32. The Bertz CT molecular complexity index is 920. The molecule has 0 radical (unpaired) electrons. The van der Waals surface area contributed by atoms with Gasteiger partial charge in [0.05, 0.1) is 12.3 Å². The molecule has 9 nitrogen and oxygen atoms in total. The first-order valence-electron chi connectivity index (χ1n) is 10.5. The van der Waals surface area contributed by atoms with Crippen LogP contribution in [0.4, 0.5) is 0 Å². The van der Waals surface area contributed by atoms with Crippen molar-refractivity contribution in [1.29, 1.82) is 0 Å². The van der Waals surface area contributed by atoms with Gasteiger partial charge in [0.25, 0.3) is 0 Å². The Labute approximate surface area is 178 Å². The van der Waals surface area contributed by atoms with E-state index in [1.54, 1.807) is 4.31 Å². The van der Waals surface area contributed by atoms with Gasteiger partial charge in [-0.3, -0.25) is 5.10 Å². The smallest absolute Gasteiger partial charge is 0.214 e. The van der Waals surface area contributed by atoms with E-state index in [0.717, 1.165) is 42.3 Å². The fraction of sp³-hybridized carbons (Fsp3) is 0.550. The van der Waals surface area contributed by atoms with E-state index < -0.39 is 10.0 Å². The fourth-order valence-corrected chi connectivity index (χ4v) is 5.05. The van der Waals surface area contributed by atoms with Crippen LogP contribution in [0, 0.1) is 0 Å². The van der Waals surface area contributed by atoms with E-state index in [4.69, 9.17) is 4.99 Å². The summed E-state index contributed by atoms with van der Waals surface area (Å²) >= 11 is 0. The molecule has 30 heavy (non-hydrogen) atoms. The first kappa shape index (κ1) is 22.2. The standard InChI is InChI=1S/C20H31N7O2S/c1-3-12-30(28,29)27-10-8-18(9-11-27)25-20(21-4-2)22-14-16-6-5-7-17(13-16)19-23-15-24-26-19/h5-7,13,15,18H,3-4,8-12,14H2,1-2H3,(H2,21,22,25)(H,23,24,26). The number of aromatic amines is 1. The van der Waals surface area contributed by atoms with Crippen LogP contribution in [0.15, 0.2) is 35.6 Å². The third-order valence-electron chi connectivity index (χ3n) is 5.03. The second-order valence-electron chi connectivity index (χ2n) is 7.36. The third-order valence-corrected chi connectivity index (χ3v) is 7.11. The van der Waals surface area contributed by atoms with Crippen LogP contribution in [0.3, 0.4) is 0 Å². The maximum absolute atomic E-state index is 12.2. The number of nitrogens with zero attached hydrogens (tertiary/aromatic N) is 4. The minimum atomic E-state index is -3.12. The zero-order chi connectivity index (χ0) is 21.4. The molecule has 0 bridgehead atoms. The third kappa shape index (κ3) is 6.02. The minimum Gasteiger partial charge on any atom is -0.357 e. The molecule has 1 fully saturated rings. The summed E-state index contributed by atoms with van der Waals surface area (Å²) < 4.78 is 26.1. The van der Waals surface area contributed by atoms with E-state index in [-0.39, 0.29) is 11.8 Å². The molecule has 0 atom stereocenters. The van der Waals surface area contributed by atoms with Crippen LogP contribution in [0.1, 0.15) is 38.7 Å². The molecule has 2 heterocycles. The molecule has 1 aromatic heterocycles. The average Bonchev–Trinajstić information content (AvgIpc) is 3.28. The minimum absolute atomic E-state index is 0.205. The number of piperidine rings is 1. The molecule has 1 aromatic carbocycles. The molecule has 0 aliphatic carbocycles. The zero-order valence-corrected chi connectivity index (χ0v) is 18.5. The van der Waals surface area contributed by atoms with Crippen molar-refractivity contribution in [2.75, 3.05) is 25.4 Å². The Morgan fingerprint density at radius 2 is 2.10 bits per heavy atom. The molecule has 1 aliphatic rings. The summed E-state index contributed by atoms with van der Waals surface area (Å²) in [5, 5.41) is 13.5. The first-order chi connectivity index (χ1) is 14.5. The number of benzene rings is 1. The number of sulfonamides is 1. The Balaban J connectivity index is 1.59. The maximum Gasteiger partial charge on any atom is 0.214 e. The van der Waals surface area contributed by atoms with Crippen LogP contribution < -0.4 is 10.6 Å². The van der Waals surface area contributed by atoms with E-state index in [2.05, 4.69) is 25.8 Å². The number of hydrogen-bond donors (Lipinski definition) is 3. The number of aromatic nitrogens is 3. The van der Waals surface area contributed by atoms with Gasteiger partial charge in [0.1, 0.15) is 6.33 Å². The van der Waals surface area contributed by atoms with Crippen LogP contribution in [-0.2, 0) is 16.6 Å². The molecule has 3 rings (SSSR count). The van der Waals surface area contributed by atoms with E-state index in [1.165, 1.54) is 6.33 Å². The van der Waals surface area contributed by atoms with Gasteiger partial charge < -0.3 is 10.6 Å². The molecule has 10 heteroatoms. The Hall–Kier alpha value is -2.46. The quantitative estimate of drug-likeness (QED) is 0.431. The molecule has 1 saturated heterocycles. The summed E-state index contributed by atoms with van der Waals surface area (Å²) in [6, 6.07) is 8.25. The molecule has 0 unspecified atom stereocenters. The molecule has 0 amide bonds. The van der Waals surface area contributed by atoms with E-state index in [1.807, 2.05) is 38.1 Å². The average molecular weight is 434 g/mol. The van der Waals surface area contributed by atoms with E-state index >= 15 is 0 Å². The van der Waals surface area contributed by atoms with E-state index in [9.17, 15) is 8.42 Å². The molecule has 0 saturated carbocycles. The molecule has 164 valence electrons. The summed E-state index contributed by atoms with van der Waals surface area (Å²) in [4.78, 5) is 8.90. The fourth-order valence-electron chi connectivity index (χ4n) is 3.51. The second kappa shape index (κ2) is 10.5. The van der Waals surface area contributed by atoms with Gasteiger partial charge >= 0.3 is 0 Å². The van der Waals surface area contributed by atoms with Gasteiger partial charge in [0, 0.05) is 31.2 Å². The lowest BCUT2D eigenvalue weighted by molar-refractivity contribution is 0.306. The molecule has 2 aromatic rings. The molecule has 3 N–H and O–H groups in total. The molecular formula is C20H31N7O2S. The van der Waals surface area contributed by atoms with Crippen molar-refractivity contribution in [3.8, 4) is 11.4 Å². The number of nitrogens with one attached hydrogen (secondary N) is 3. The van der Waals surface area contributed by atoms with Crippen molar-refractivity contribution >= 4 is 16.0 Å². The second-order valence-corrected chi connectivity index (χ2v) is 9.45. The lowest BCUT2D eigenvalue weighted by atomic mass is 10.1. The number of hydrogen-bond acceptors (Lipinski definition) is 5. The summed E-state index contributed by atoms with van der Waals surface area (Å²) in [7, 11) is -3.12. The van der Waals surface area contributed by atoms with Crippen LogP contribution in [0.25, 0.3) is 11.4 Å². The highest BCUT2D eigenvalue weighted by molar-refractivity contribution is 7.89. The Morgan fingerprint density at radius 1 is 1.30 bits per heavy atom. The zero-order valence-electron chi connectivity index (χ0n) is 17.6. The normalized spacial score (nSPS) is 16.5. The summed E-state index contributed by atoms with van der Waals surface area (Å²) in [5.41, 5.74) is 2.04. The topological polar surface area (TPSA) is 115 Å². The van der Waals surface area contributed by atoms with Crippen molar-refractivity contribution in [3.63, 3.8) is 0 Å². The predicted octanol–water partition coefficient (Wildman–Crippen LogP) is 1.73. The number of H-pyrrole nitrogens is 1. The molecule has 1 aliphatic heterocycles. The van der Waals surface area contributed by atoms with Crippen LogP contribution in [0.2, 0.25) is 0 Å². The Morgan fingerprint density at radius 3 is 2.77 bits per heavy atom. The van der Waals surface area contributed by atoms with E-state index in [0.29, 0.717) is 26.1 Å². The van der Waals surface area contributed by atoms with Gasteiger partial charge in [-0.15, -0.1) is 0 Å². The largest absolute Gasteiger partial charge is 0.357 e. The van der Waals surface area contributed by atoms with Crippen LogP contribution >= 0.6 is 0 Å². The first-order valence-corrected chi connectivity index (χ1v) is 12.1. The predicted molar refractivity (Wildman–Crippen MR) is 118 cm³/mol. The Kier molecular flexibility index (Phi) is 7.81. The lowest BCUT2D eigenvalue weighted by Gasteiger charge is -2.32. The van der Waals surface area contributed by atoms with Crippen molar-refractivity contribution in [2.45, 2.75) is 45.7 Å². The summed E-state index contributed by atoms with van der Waals surface area (Å²) in [6.07, 6.45) is 3.68. The number of rotatable bonds is 8. The van der Waals surface area contributed by atoms with Crippen LogP contribution in [-0.4, -0.2) is 65.3 Å². The number of aliphatic imine (C=N–C) groups is 1. The number of guanidine groups is 1. The monoisotopic (exact) mass is 433 g/mol. The van der Waals surface area contributed by atoms with Gasteiger partial charge in [-0.1, -0.05) is 25.1 Å². The lowest BCUT2D eigenvalue weighted by Crippen LogP contribution is -2.50. The molecular weight excluding hydrogens is 402 g/mol. The van der Waals surface area contributed by atoms with Crippen LogP contribution in [0.5, 0.6) is 0 Å².